The van der Waals surface area contributed by atoms with E-state index >= 15 is 0 Å². The van der Waals surface area contributed by atoms with Gasteiger partial charge in [-0.05, 0) is 39.0 Å². The lowest BCUT2D eigenvalue weighted by atomic mass is 10.2. The topological polar surface area (TPSA) is 69.2 Å². The SMILES string of the molecule is CC1CC(NC(=NCC(=O)N(C)C)NCC2CCCO2)CN1C1CC1.I. The second-order valence-corrected chi connectivity index (χ2v) is 7.82. The van der Waals surface area contributed by atoms with Gasteiger partial charge in [0.05, 0.1) is 6.10 Å². The minimum absolute atomic E-state index is 0. The van der Waals surface area contributed by atoms with Gasteiger partial charge in [0.2, 0.25) is 5.91 Å². The first-order valence-corrected chi connectivity index (χ1v) is 9.65. The third kappa shape index (κ3) is 6.23. The Labute approximate surface area is 174 Å². The Kier molecular flexibility index (Phi) is 8.41. The Morgan fingerprint density at radius 1 is 1.31 bits per heavy atom. The lowest BCUT2D eigenvalue weighted by Gasteiger charge is -2.21. The van der Waals surface area contributed by atoms with E-state index in [0.29, 0.717) is 12.1 Å². The van der Waals surface area contributed by atoms with Crippen molar-refractivity contribution in [3.63, 3.8) is 0 Å². The summed E-state index contributed by atoms with van der Waals surface area (Å²) in [4.78, 5) is 20.6. The Bertz CT molecular complexity index is 492. The summed E-state index contributed by atoms with van der Waals surface area (Å²) < 4.78 is 5.68. The molecule has 2 heterocycles. The number of hydrogen-bond acceptors (Lipinski definition) is 4. The normalized spacial score (nSPS) is 29.3. The van der Waals surface area contributed by atoms with E-state index in [9.17, 15) is 4.79 Å². The maximum atomic E-state index is 11.9. The first-order valence-electron chi connectivity index (χ1n) is 9.65. The molecule has 1 aliphatic carbocycles. The maximum Gasteiger partial charge on any atom is 0.243 e. The summed E-state index contributed by atoms with van der Waals surface area (Å²) in [7, 11) is 3.52. The molecule has 1 saturated carbocycles. The number of likely N-dealkylation sites (N-methyl/N-ethyl adjacent to an activating group) is 1. The molecule has 0 radical (unpaired) electrons. The molecule has 150 valence electrons. The first-order chi connectivity index (χ1) is 12.0. The molecular formula is C18H34IN5O2. The third-order valence-corrected chi connectivity index (χ3v) is 5.37. The molecule has 0 aromatic carbocycles. The fraction of sp³-hybridized carbons (Fsp3) is 0.889. The number of guanidine groups is 1. The summed E-state index contributed by atoms with van der Waals surface area (Å²) in [5, 5.41) is 6.93. The predicted molar refractivity (Wildman–Crippen MR) is 114 cm³/mol. The number of ether oxygens (including phenoxy) is 1. The summed E-state index contributed by atoms with van der Waals surface area (Å²) in [6.45, 7) is 5.14. The number of aliphatic imine (C=N–C) groups is 1. The van der Waals surface area contributed by atoms with Crippen molar-refractivity contribution < 1.29 is 9.53 Å². The zero-order valence-electron chi connectivity index (χ0n) is 16.2. The Morgan fingerprint density at radius 2 is 2.08 bits per heavy atom. The van der Waals surface area contributed by atoms with Crippen molar-refractivity contribution in [2.24, 2.45) is 4.99 Å². The second-order valence-electron chi connectivity index (χ2n) is 7.82. The van der Waals surface area contributed by atoms with Crippen LogP contribution < -0.4 is 10.6 Å². The van der Waals surface area contributed by atoms with Gasteiger partial charge in [0, 0.05) is 51.9 Å². The first kappa shape index (κ1) is 21.7. The molecule has 3 rings (SSSR count). The summed E-state index contributed by atoms with van der Waals surface area (Å²) in [5.74, 6) is 0.748. The van der Waals surface area contributed by atoms with Gasteiger partial charge >= 0.3 is 0 Å². The van der Waals surface area contributed by atoms with Crippen molar-refractivity contribution in [2.75, 3.05) is 40.3 Å². The van der Waals surface area contributed by atoms with Gasteiger partial charge in [0.25, 0.3) is 0 Å². The largest absolute Gasteiger partial charge is 0.376 e. The third-order valence-electron chi connectivity index (χ3n) is 5.37. The highest BCUT2D eigenvalue weighted by Crippen LogP contribution is 2.33. The van der Waals surface area contributed by atoms with E-state index in [-0.39, 0.29) is 42.5 Å². The molecular weight excluding hydrogens is 445 g/mol. The number of nitrogens with zero attached hydrogens (tertiary/aromatic N) is 3. The molecule has 3 fully saturated rings. The number of hydrogen-bond donors (Lipinski definition) is 2. The maximum absolute atomic E-state index is 11.9. The van der Waals surface area contributed by atoms with Gasteiger partial charge < -0.3 is 20.3 Å². The molecule has 0 aromatic heterocycles. The molecule has 0 bridgehead atoms. The molecule has 3 unspecified atom stereocenters. The molecule has 2 saturated heterocycles. The van der Waals surface area contributed by atoms with Crippen LogP contribution in [0.4, 0.5) is 0 Å². The average Bonchev–Trinajstić information content (AvgIpc) is 3.15. The van der Waals surface area contributed by atoms with E-state index in [1.807, 2.05) is 0 Å². The highest BCUT2D eigenvalue weighted by Gasteiger charge is 2.39. The zero-order valence-corrected chi connectivity index (χ0v) is 18.6. The van der Waals surface area contributed by atoms with Crippen LogP contribution in [0.2, 0.25) is 0 Å². The van der Waals surface area contributed by atoms with Crippen molar-refractivity contribution in [3.8, 4) is 0 Å². The highest BCUT2D eigenvalue weighted by atomic mass is 127. The van der Waals surface area contributed by atoms with E-state index in [0.717, 1.165) is 51.0 Å². The van der Waals surface area contributed by atoms with Crippen molar-refractivity contribution in [3.05, 3.63) is 0 Å². The number of carbonyl (C=O) groups excluding carboxylic acids is 1. The van der Waals surface area contributed by atoms with Crippen LogP contribution in [0.25, 0.3) is 0 Å². The van der Waals surface area contributed by atoms with E-state index in [4.69, 9.17) is 4.74 Å². The number of nitrogens with one attached hydrogen (secondary N) is 2. The van der Waals surface area contributed by atoms with Gasteiger partial charge in [-0.15, -0.1) is 24.0 Å². The predicted octanol–water partition coefficient (Wildman–Crippen LogP) is 1.03. The Balaban J connectivity index is 0.00000243. The molecule has 2 N–H and O–H groups in total. The van der Waals surface area contributed by atoms with Crippen LogP contribution in [0, 0.1) is 0 Å². The van der Waals surface area contributed by atoms with Gasteiger partial charge in [-0.2, -0.15) is 0 Å². The molecule has 3 aliphatic rings. The molecule has 26 heavy (non-hydrogen) atoms. The lowest BCUT2D eigenvalue weighted by Crippen LogP contribution is -2.47. The number of likely N-dealkylation sites (tertiary alicyclic amines) is 1. The van der Waals surface area contributed by atoms with Crippen molar-refractivity contribution in [1.29, 1.82) is 0 Å². The lowest BCUT2D eigenvalue weighted by molar-refractivity contribution is -0.127. The number of halogens is 1. The van der Waals surface area contributed by atoms with Crippen LogP contribution in [-0.2, 0) is 9.53 Å². The Morgan fingerprint density at radius 3 is 2.69 bits per heavy atom. The van der Waals surface area contributed by atoms with Crippen molar-refractivity contribution in [1.82, 2.24) is 20.4 Å². The van der Waals surface area contributed by atoms with E-state index in [1.165, 1.54) is 12.8 Å². The van der Waals surface area contributed by atoms with Crippen LogP contribution in [0.1, 0.15) is 39.0 Å². The molecule has 0 aromatic rings. The Hall–Kier alpha value is -0.610. The van der Waals surface area contributed by atoms with Crippen LogP contribution in [0.3, 0.4) is 0 Å². The smallest absolute Gasteiger partial charge is 0.243 e. The second kappa shape index (κ2) is 10.1. The quantitative estimate of drug-likeness (QED) is 0.339. The average molecular weight is 479 g/mol. The van der Waals surface area contributed by atoms with E-state index < -0.39 is 0 Å². The monoisotopic (exact) mass is 479 g/mol. The minimum Gasteiger partial charge on any atom is -0.376 e. The zero-order chi connectivity index (χ0) is 17.8. The molecule has 0 spiro atoms. The van der Waals surface area contributed by atoms with Crippen LogP contribution in [0.5, 0.6) is 0 Å². The summed E-state index contributed by atoms with van der Waals surface area (Å²) in [5.41, 5.74) is 0. The standard InChI is InChI=1S/C18H33N5O2.HI/c1-13-9-14(12-23(13)15-6-7-15)21-18(20-11-17(24)22(2)3)19-10-16-5-4-8-25-16;/h13-16H,4-12H2,1-3H3,(H2,19,20,21);1H. The van der Waals surface area contributed by atoms with Crippen LogP contribution in [0.15, 0.2) is 4.99 Å². The summed E-state index contributed by atoms with van der Waals surface area (Å²) >= 11 is 0. The van der Waals surface area contributed by atoms with Gasteiger partial charge in [0.15, 0.2) is 5.96 Å². The minimum atomic E-state index is 0. The van der Waals surface area contributed by atoms with Crippen molar-refractivity contribution in [2.45, 2.75) is 63.3 Å². The fourth-order valence-electron chi connectivity index (χ4n) is 3.73. The van der Waals surface area contributed by atoms with Crippen LogP contribution >= 0.6 is 24.0 Å². The molecule has 3 atom stereocenters. The molecule has 8 heteroatoms. The molecule has 1 amide bonds. The fourth-order valence-corrected chi connectivity index (χ4v) is 3.73. The van der Waals surface area contributed by atoms with E-state index in [2.05, 4.69) is 27.4 Å². The van der Waals surface area contributed by atoms with Gasteiger partial charge in [-0.1, -0.05) is 0 Å². The molecule has 2 aliphatic heterocycles. The highest BCUT2D eigenvalue weighted by molar-refractivity contribution is 14.0. The van der Waals surface area contributed by atoms with Crippen LogP contribution in [-0.4, -0.2) is 86.2 Å². The van der Waals surface area contributed by atoms with E-state index in [1.54, 1.807) is 19.0 Å². The number of rotatable bonds is 6. The number of carbonyl (C=O) groups is 1. The van der Waals surface area contributed by atoms with Gasteiger partial charge in [-0.3, -0.25) is 9.69 Å². The summed E-state index contributed by atoms with van der Waals surface area (Å²) in [6, 6.07) is 1.80. The van der Waals surface area contributed by atoms with Crippen molar-refractivity contribution >= 4 is 35.8 Å². The van der Waals surface area contributed by atoms with Gasteiger partial charge in [-0.25, -0.2) is 4.99 Å². The summed E-state index contributed by atoms with van der Waals surface area (Å²) in [6.07, 6.45) is 6.27. The van der Waals surface area contributed by atoms with Gasteiger partial charge in [0.1, 0.15) is 6.54 Å². The molecule has 7 nitrogen and oxygen atoms in total. The number of amides is 1.